The predicted molar refractivity (Wildman–Crippen MR) is 130 cm³/mol. The lowest BCUT2D eigenvalue weighted by atomic mass is 10.1. The second-order valence-electron chi connectivity index (χ2n) is 8.72. The molecule has 0 spiro atoms. The summed E-state index contributed by atoms with van der Waals surface area (Å²) in [6.45, 7) is 5.44. The average Bonchev–Trinajstić information content (AvgIpc) is 3.53. The summed E-state index contributed by atoms with van der Waals surface area (Å²) in [6, 6.07) is 11.6. The van der Waals surface area contributed by atoms with Crippen molar-refractivity contribution in [3.05, 3.63) is 76.1 Å². The van der Waals surface area contributed by atoms with Crippen LogP contribution in [0.2, 0.25) is 0 Å². The molecule has 0 amide bonds. The average molecular weight is 476 g/mol. The Morgan fingerprint density at radius 2 is 2.17 bits per heavy atom. The van der Waals surface area contributed by atoms with Crippen LogP contribution in [0.1, 0.15) is 36.7 Å². The molecular weight excluding hydrogens is 446 g/mol. The Balaban J connectivity index is 1.41. The van der Waals surface area contributed by atoms with E-state index in [2.05, 4.69) is 30.4 Å². The quantitative estimate of drug-likeness (QED) is 0.373. The Labute approximate surface area is 202 Å². The van der Waals surface area contributed by atoms with Gasteiger partial charge in [0.05, 0.1) is 25.8 Å². The Morgan fingerprint density at radius 3 is 2.97 bits per heavy atom. The van der Waals surface area contributed by atoms with E-state index >= 15 is 0 Å². The number of aromatic nitrogens is 6. The number of H-pyrrole nitrogens is 1. The Hall–Kier alpha value is -3.63. The molecule has 4 aromatic rings. The molecule has 10 nitrogen and oxygen atoms in total. The van der Waals surface area contributed by atoms with E-state index in [0.717, 1.165) is 47.5 Å². The predicted octanol–water partition coefficient (Wildman–Crippen LogP) is 2.69. The lowest BCUT2D eigenvalue weighted by molar-refractivity contribution is 0.0914. The van der Waals surface area contributed by atoms with Crippen LogP contribution in [0, 0.1) is 0 Å². The molecule has 4 heterocycles. The van der Waals surface area contributed by atoms with Gasteiger partial charge in [-0.3, -0.25) is 14.7 Å². The van der Waals surface area contributed by atoms with Crippen LogP contribution in [0.15, 0.2) is 53.6 Å². The normalized spacial score (nSPS) is 15.8. The van der Waals surface area contributed by atoms with E-state index in [9.17, 15) is 4.79 Å². The molecule has 1 aliphatic rings. The van der Waals surface area contributed by atoms with Crippen molar-refractivity contribution in [3.8, 4) is 5.75 Å². The van der Waals surface area contributed by atoms with Crippen LogP contribution < -0.4 is 10.3 Å². The fraction of sp³-hybridized carbons (Fsp3) is 0.400. The van der Waals surface area contributed by atoms with Gasteiger partial charge in [0.25, 0.3) is 5.56 Å². The topological polar surface area (TPSA) is 111 Å². The fourth-order valence-corrected chi connectivity index (χ4v) is 4.42. The van der Waals surface area contributed by atoms with Gasteiger partial charge in [-0.2, -0.15) is 0 Å². The number of aromatic amines is 1. The number of tetrazole rings is 1. The molecule has 1 atom stereocenters. The minimum Gasteiger partial charge on any atom is -0.494 e. The van der Waals surface area contributed by atoms with Crippen LogP contribution >= 0.6 is 0 Å². The Kier molecular flexibility index (Phi) is 7.10. The smallest absolute Gasteiger partial charge is 0.252 e. The number of hydrogen-bond acceptors (Lipinski definition) is 8. The second-order valence-corrected chi connectivity index (χ2v) is 8.72. The molecule has 5 rings (SSSR count). The summed E-state index contributed by atoms with van der Waals surface area (Å²) in [5.41, 5.74) is 2.37. The number of hydrogen-bond donors (Lipinski definition) is 1. The lowest BCUT2D eigenvalue weighted by Crippen LogP contribution is -2.29. The van der Waals surface area contributed by atoms with Gasteiger partial charge >= 0.3 is 0 Å². The summed E-state index contributed by atoms with van der Waals surface area (Å²) in [5, 5.41) is 13.3. The zero-order valence-electron chi connectivity index (χ0n) is 19.8. The van der Waals surface area contributed by atoms with Gasteiger partial charge in [-0.25, -0.2) is 4.68 Å². The van der Waals surface area contributed by atoms with Crippen molar-refractivity contribution < 1.29 is 9.47 Å². The van der Waals surface area contributed by atoms with Crippen molar-refractivity contribution in [2.24, 2.45) is 0 Å². The molecule has 1 aliphatic heterocycles. The number of benzene rings is 1. The number of pyridine rings is 2. The second kappa shape index (κ2) is 10.7. The highest BCUT2D eigenvalue weighted by Crippen LogP contribution is 2.21. The van der Waals surface area contributed by atoms with E-state index in [-0.39, 0.29) is 11.7 Å². The molecule has 182 valence electrons. The van der Waals surface area contributed by atoms with Crippen LogP contribution in [0.4, 0.5) is 0 Å². The van der Waals surface area contributed by atoms with Gasteiger partial charge in [-0.05, 0) is 66.1 Å². The van der Waals surface area contributed by atoms with Gasteiger partial charge in [-0.15, -0.1) is 5.10 Å². The monoisotopic (exact) mass is 475 g/mol. The largest absolute Gasteiger partial charge is 0.494 e. The SMILES string of the molecule is CCOc1ccc2[nH]c(=O)c(CN(Cc3cccnc3)Cc3nnnn3CC3CCCO3)cc2c1. The molecule has 35 heavy (non-hydrogen) atoms. The third kappa shape index (κ3) is 5.72. The molecule has 0 saturated carbocycles. The first-order valence-corrected chi connectivity index (χ1v) is 11.9. The van der Waals surface area contributed by atoms with Crippen molar-refractivity contribution in [3.63, 3.8) is 0 Å². The van der Waals surface area contributed by atoms with E-state index in [1.54, 1.807) is 6.20 Å². The standard InChI is InChI=1S/C25H29N7O3/c1-2-34-21-7-8-23-19(12-21)11-20(25(33)27-23)15-31(14-18-5-3-9-26-13-18)17-24-28-29-30-32(24)16-22-6-4-10-35-22/h3,5,7-9,11-13,22H,2,4,6,10,14-17H2,1H3,(H,27,33). The van der Waals surface area contributed by atoms with E-state index in [4.69, 9.17) is 9.47 Å². The summed E-state index contributed by atoms with van der Waals surface area (Å²) in [7, 11) is 0. The van der Waals surface area contributed by atoms with Gasteiger partial charge < -0.3 is 14.5 Å². The Bertz CT molecular complexity index is 1320. The summed E-state index contributed by atoms with van der Waals surface area (Å²) in [4.78, 5) is 22.3. The van der Waals surface area contributed by atoms with Crippen molar-refractivity contribution in [1.29, 1.82) is 0 Å². The first-order chi connectivity index (χ1) is 17.2. The molecule has 10 heteroatoms. The zero-order valence-corrected chi connectivity index (χ0v) is 19.8. The third-order valence-corrected chi connectivity index (χ3v) is 6.10. The van der Waals surface area contributed by atoms with E-state index in [1.807, 2.05) is 54.2 Å². The summed E-state index contributed by atoms with van der Waals surface area (Å²) in [6.07, 6.45) is 5.79. The zero-order chi connectivity index (χ0) is 24.0. The van der Waals surface area contributed by atoms with Crippen LogP contribution in [-0.4, -0.2) is 54.4 Å². The van der Waals surface area contributed by atoms with Crippen molar-refractivity contribution >= 4 is 10.9 Å². The molecule has 1 fully saturated rings. The van der Waals surface area contributed by atoms with Gasteiger partial charge in [-0.1, -0.05) is 6.07 Å². The number of rotatable bonds is 10. The van der Waals surface area contributed by atoms with Gasteiger partial charge in [0.1, 0.15) is 5.75 Å². The highest BCUT2D eigenvalue weighted by molar-refractivity contribution is 5.80. The van der Waals surface area contributed by atoms with Crippen molar-refractivity contribution in [2.75, 3.05) is 13.2 Å². The first-order valence-electron chi connectivity index (χ1n) is 11.9. The molecule has 0 aliphatic carbocycles. The maximum absolute atomic E-state index is 12.9. The number of ether oxygens (including phenoxy) is 2. The van der Waals surface area contributed by atoms with Crippen LogP contribution in [0.5, 0.6) is 5.75 Å². The molecule has 0 bridgehead atoms. The molecule has 3 aromatic heterocycles. The van der Waals surface area contributed by atoms with Gasteiger partial charge in [0.2, 0.25) is 0 Å². The van der Waals surface area contributed by atoms with Gasteiger partial charge in [0, 0.05) is 48.6 Å². The molecule has 0 radical (unpaired) electrons. The van der Waals surface area contributed by atoms with E-state index in [0.29, 0.717) is 38.3 Å². The maximum Gasteiger partial charge on any atom is 0.252 e. The van der Waals surface area contributed by atoms with Crippen LogP contribution in [-0.2, 0) is 30.9 Å². The summed E-state index contributed by atoms with van der Waals surface area (Å²) >= 11 is 0. The number of nitrogens with zero attached hydrogens (tertiary/aromatic N) is 6. The minimum atomic E-state index is -0.114. The van der Waals surface area contributed by atoms with E-state index in [1.165, 1.54) is 0 Å². The molecule has 1 aromatic carbocycles. The van der Waals surface area contributed by atoms with Crippen molar-refractivity contribution in [2.45, 2.75) is 52.0 Å². The van der Waals surface area contributed by atoms with Gasteiger partial charge in [0.15, 0.2) is 5.82 Å². The minimum absolute atomic E-state index is 0.114. The van der Waals surface area contributed by atoms with Crippen LogP contribution in [0.25, 0.3) is 10.9 Å². The molecule has 1 saturated heterocycles. The summed E-state index contributed by atoms with van der Waals surface area (Å²) in [5.74, 6) is 1.51. The lowest BCUT2D eigenvalue weighted by Gasteiger charge is -2.22. The van der Waals surface area contributed by atoms with Crippen LogP contribution in [0.3, 0.4) is 0 Å². The van der Waals surface area contributed by atoms with E-state index < -0.39 is 0 Å². The first kappa shape index (κ1) is 23.1. The highest BCUT2D eigenvalue weighted by Gasteiger charge is 2.21. The molecular formula is C25H29N7O3. The maximum atomic E-state index is 12.9. The third-order valence-electron chi connectivity index (χ3n) is 6.10. The Morgan fingerprint density at radius 1 is 1.23 bits per heavy atom. The number of nitrogens with one attached hydrogen (secondary N) is 1. The fourth-order valence-electron chi connectivity index (χ4n) is 4.42. The molecule has 1 N–H and O–H groups in total. The number of fused-ring (bicyclic) bond motifs is 1. The summed E-state index contributed by atoms with van der Waals surface area (Å²) < 4.78 is 13.2. The highest BCUT2D eigenvalue weighted by atomic mass is 16.5. The van der Waals surface area contributed by atoms with Crippen molar-refractivity contribution in [1.82, 2.24) is 35.1 Å². The molecule has 1 unspecified atom stereocenters.